The van der Waals surface area contributed by atoms with Gasteiger partial charge in [-0.25, -0.2) is 4.79 Å². The van der Waals surface area contributed by atoms with Crippen LogP contribution in [0.4, 0.5) is 0 Å². The molecule has 0 bridgehead atoms. The lowest BCUT2D eigenvalue weighted by molar-refractivity contribution is -0.125. The average molecular weight is 432 g/mol. The minimum atomic E-state index is -0.704. The van der Waals surface area contributed by atoms with Crippen molar-refractivity contribution in [1.82, 2.24) is 10.9 Å². The number of hydrogen-bond donors (Lipinski definition) is 2. The number of nitrogens with one attached hydrogen (secondary N) is 2. The summed E-state index contributed by atoms with van der Waals surface area (Å²) < 4.78 is 10.9. The van der Waals surface area contributed by atoms with Crippen LogP contribution in [0.25, 0.3) is 0 Å². The van der Waals surface area contributed by atoms with Gasteiger partial charge in [-0.15, -0.1) is 0 Å². The monoisotopic (exact) mass is 432 g/mol. The highest BCUT2D eigenvalue weighted by atomic mass is 16.5. The van der Waals surface area contributed by atoms with Gasteiger partial charge in [-0.1, -0.05) is 59.7 Å². The van der Waals surface area contributed by atoms with Crippen molar-refractivity contribution in [3.63, 3.8) is 0 Å². The summed E-state index contributed by atoms with van der Waals surface area (Å²) in [4.78, 5) is 36.4. The largest absolute Gasteiger partial charge is 0.488 e. The predicted molar refractivity (Wildman–Crippen MR) is 119 cm³/mol. The molecule has 164 valence electrons. The maximum absolute atomic E-state index is 12.5. The van der Waals surface area contributed by atoms with Gasteiger partial charge in [-0.05, 0) is 43.7 Å². The first-order chi connectivity index (χ1) is 15.4. The number of hydrogen-bond acceptors (Lipinski definition) is 5. The first-order valence-electron chi connectivity index (χ1n) is 10.0. The molecule has 0 saturated carbocycles. The fourth-order valence-corrected chi connectivity index (χ4v) is 2.87. The summed E-state index contributed by atoms with van der Waals surface area (Å²) in [5.74, 6) is -1.49. The Hall–Kier alpha value is -4.13. The van der Waals surface area contributed by atoms with E-state index in [1.54, 1.807) is 48.5 Å². The van der Waals surface area contributed by atoms with Gasteiger partial charge in [-0.3, -0.25) is 20.4 Å². The first kappa shape index (κ1) is 22.6. The summed E-state index contributed by atoms with van der Waals surface area (Å²) in [6, 6.07) is 21.4. The molecule has 0 aliphatic heterocycles. The standard InChI is InChI=1S/C25H24N2O5/c1-17-10-12-20(13-11-17)24(29)27-26-23(28)16-32-25(30)21-8-3-4-9-22(21)31-15-19-7-5-6-18(2)14-19/h3-14H,15-16H2,1-2H3,(H,26,28)(H,27,29). The van der Waals surface area contributed by atoms with E-state index >= 15 is 0 Å². The molecule has 0 fully saturated rings. The van der Waals surface area contributed by atoms with Crippen molar-refractivity contribution in [1.29, 1.82) is 0 Å². The third-order valence-electron chi connectivity index (χ3n) is 4.55. The molecule has 0 heterocycles. The second-order valence-corrected chi connectivity index (χ2v) is 7.22. The number of benzene rings is 3. The average Bonchev–Trinajstić information content (AvgIpc) is 2.80. The molecule has 3 aromatic rings. The van der Waals surface area contributed by atoms with Crippen LogP contribution >= 0.6 is 0 Å². The van der Waals surface area contributed by atoms with Crippen LogP contribution in [0.5, 0.6) is 5.75 Å². The highest BCUT2D eigenvalue weighted by molar-refractivity contribution is 5.96. The zero-order chi connectivity index (χ0) is 22.9. The second kappa shape index (κ2) is 10.8. The van der Waals surface area contributed by atoms with Crippen molar-refractivity contribution in [2.75, 3.05) is 6.61 Å². The summed E-state index contributed by atoms with van der Waals surface area (Å²) in [6.07, 6.45) is 0. The van der Waals surface area contributed by atoms with Gasteiger partial charge < -0.3 is 9.47 Å². The zero-order valence-electron chi connectivity index (χ0n) is 17.9. The Bertz CT molecular complexity index is 1110. The van der Waals surface area contributed by atoms with Crippen LogP contribution in [-0.4, -0.2) is 24.4 Å². The lowest BCUT2D eigenvalue weighted by atomic mass is 10.1. The van der Waals surface area contributed by atoms with E-state index in [9.17, 15) is 14.4 Å². The van der Waals surface area contributed by atoms with Gasteiger partial charge in [0.2, 0.25) is 0 Å². The number of esters is 1. The van der Waals surface area contributed by atoms with E-state index in [-0.39, 0.29) is 12.2 Å². The number of carbonyl (C=O) groups excluding carboxylic acids is 3. The molecular weight excluding hydrogens is 408 g/mol. The number of amides is 2. The molecule has 3 aromatic carbocycles. The van der Waals surface area contributed by atoms with Crippen LogP contribution in [0, 0.1) is 13.8 Å². The van der Waals surface area contributed by atoms with E-state index in [0.717, 1.165) is 16.7 Å². The summed E-state index contributed by atoms with van der Waals surface area (Å²) in [5, 5.41) is 0. The van der Waals surface area contributed by atoms with Crippen LogP contribution in [0.15, 0.2) is 72.8 Å². The van der Waals surface area contributed by atoms with Crippen LogP contribution in [0.2, 0.25) is 0 Å². The summed E-state index contributed by atoms with van der Waals surface area (Å²) >= 11 is 0. The highest BCUT2D eigenvalue weighted by Crippen LogP contribution is 2.20. The Labute approximate surface area is 186 Å². The normalized spacial score (nSPS) is 10.2. The Morgan fingerprint density at radius 3 is 2.31 bits per heavy atom. The van der Waals surface area contributed by atoms with Crippen molar-refractivity contribution in [2.45, 2.75) is 20.5 Å². The Kier molecular flexibility index (Phi) is 7.59. The van der Waals surface area contributed by atoms with Gasteiger partial charge >= 0.3 is 5.97 Å². The second-order valence-electron chi connectivity index (χ2n) is 7.22. The van der Waals surface area contributed by atoms with E-state index in [2.05, 4.69) is 10.9 Å². The zero-order valence-corrected chi connectivity index (χ0v) is 17.9. The fourth-order valence-electron chi connectivity index (χ4n) is 2.87. The molecule has 0 aromatic heterocycles. The van der Waals surface area contributed by atoms with Crippen molar-refractivity contribution in [2.24, 2.45) is 0 Å². The summed E-state index contributed by atoms with van der Waals surface area (Å²) in [5.41, 5.74) is 8.20. The molecule has 2 N–H and O–H groups in total. The maximum atomic E-state index is 12.5. The number of ether oxygens (including phenoxy) is 2. The number of carbonyl (C=O) groups is 3. The molecule has 7 heteroatoms. The lowest BCUT2D eigenvalue weighted by Crippen LogP contribution is -2.43. The predicted octanol–water partition coefficient (Wildman–Crippen LogP) is 3.50. The van der Waals surface area contributed by atoms with E-state index < -0.39 is 24.4 Å². The van der Waals surface area contributed by atoms with Gasteiger partial charge in [0, 0.05) is 5.56 Å². The molecule has 0 aliphatic rings. The van der Waals surface area contributed by atoms with Crippen LogP contribution < -0.4 is 15.6 Å². The number of hydrazine groups is 1. The smallest absolute Gasteiger partial charge is 0.342 e. The fraction of sp³-hybridized carbons (Fsp3) is 0.160. The molecule has 0 saturated heterocycles. The molecular formula is C25H24N2O5. The third kappa shape index (κ3) is 6.43. The third-order valence-corrected chi connectivity index (χ3v) is 4.55. The van der Waals surface area contributed by atoms with Gasteiger partial charge in [-0.2, -0.15) is 0 Å². The number of para-hydroxylation sites is 1. The Balaban J connectivity index is 1.50. The molecule has 7 nitrogen and oxygen atoms in total. The minimum absolute atomic E-state index is 0.205. The molecule has 0 spiro atoms. The van der Waals surface area contributed by atoms with Gasteiger partial charge in [0.1, 0.15) is 17.9 Å². The molecule has 0 atom stereocenters. The van der Waals surface area contributed by atoms with E-state index in [1.165, 1.54) is 0 Å². The first-order valence-corrected chi connectivity index (χ1v) is 10.0. The van der Waals surface area contributed by atoms with Gasteiger partial charge in [0.15, 0.2) is 6.61 Å². The van der Waals surface area contributed by atoms with Crippen LogP contribution in [-0.2, 0) is 16.1 Å². The molecule has 2 amide bonds. The lowest BCUT2D eigenvalue weighted by Gasteiger charge is -2.12. The summed E-state index contributed by atoms with van der Waals surface area (Å²) in [7, 11) is 0. The molecule has 32 heavy (non-hydrogen) atoms. The molecule has 0 unspecified atom stereocenters. The van der Waals surface area contributed by atoms with Crippen molar-refractivity contribution in [3.8, 4) is 5.75 Å². The molecule has 3 rings (SSSR count). The van der Waals surface area contributed by atoms with Gasteiger partial charge in [0.05, 0.1) is 0 Å². The van der Waals surface area contributed by atoms with Crippen LogP contribution in [0.1, 0.15) is 37.4 Å². The van der Waals surface area contributed by atoms with E-state index in [1.807, 2.05) is 38.1 Å². The topological polar surface area (TPSA) is 93.7 Å². The molecule has 0 aliphatic carbocycles. The molecule has 0 radical (unpaired) electrons. The minimum Gasteiger partial charge on any atom is -0.488 e. The van der Waals surface area contributed by atoms with Crippen molar-refractivity contribution >= 4 is 17.8 Å². The van der Waals surface area contributed by atoms with E-state index in [0.29, 0.717) is 11.3 Å². The van der Waals surface area contributed by atoms with Crippen molar-refractivity contribution < 1.29 is 23.9 Å². The summed E-state index contributed by atoms with van der Waals surface area (Å²) in [6.45, 7) is 3.63. The quantitative estimate of drug-likeness (QED) is 0.440. The number of aryl methyl sites for hydroxylation is 2. The van der Waals surface area contributed by atoms with Gasteiger partial charge in [0.25, 0.3) is 11.8 Å². The number of rotatable bonds is 7. The van der Waals surface area contributed by atoms with Crippen molar-refractivity contribution in [3.05, 3.63) is 101 Å². The highest BCUT2D eigenvalue weighted by Gasteiger charge is 2.16. The van der Waals surface area contributed by atoms with Crippen LogP contribution in [0.3, 0.4) is 0 Å². The maximum Gasteiger partial charge on any atom is 0.342 e. The Morgan fingerprint density at radius 1 is 0.812 bits per heavy atom. The van der Waals surface area contributed by atoms with E-state index in [4.69, 9.17) is 9.47 Å². The Morgan fingerprint density at radius 2 is 1.56 bits per heavy atom. The SMILES string of the molecule is Cc1ccc(C(=O)NNC(=O)COC(=O)c2ccccc2OCc2cccc(C)c2)cc1.